The first kappa shape index (κ1) is 27.1. The van der Waals surface area contributed by atoms with E-state index in [-0.39, 0.29) is 0 Å². The van der Waals surface area contributed by atoms with Gasteiger partial charge in [-0.25, -0.2) is 0 Å². The van der Waals surface area contributed by atoms with Gasteiger partial charge in [-0.3, -0.25) is 0 Å². The molecular weight excluding hydrogens is 404 g/mol. The SMILES string of the molecule is CCCCCCCCCCCCOc1cc(C)c(N=Nc2ccc(C)c(C)c2)cc1C(C)C. The van der Waals surface area contributed by atoms with Gasteiger partial charge in [0.1, 0.15) is 5.75 Å². The number of benzene rings is 2. The lowest BCUT2D eigenvalue weighted by molar-refractivity contribution is 0.300. The second kappa shape index (κ2) is 14.9. The Kier molecular flexibility index (Phi) is 12.2. The van der Waals surface area contributed by atoms with Gasteiger partial charge in [0.2, 0.25) is 0 Å². The molecule has 0 unspecified atom stereocenters. The summed E-state index contributed by atoms with van der Waals surface area (Å²) in [6.07, 6.45) is 13.4. The van der Waals surface area contributed by atoms with Gasteiger partial charge in [0.15, 0.2) is 0 Å². The Bertz CT molecular complexity index is 870. The molecular formula is C30H46N2O. The summed E-state index contributed by atoms with van der Waals surface area (Å²) < 4.78 is 6.23. The molecule has 2 rings (SSSR count). The first-order valence-corrected chi connectivity index (χ1v) is 13.2. The fourth-order valence-electron chi connectivity index (χ4n) is 4.04. The Morgan fingerprint density at radius 3 is 1.94 bits per heavy atom. The highest BCUT2D eigenvalue weighted by atomic mass is 16.5. The molecule has 0 aliphatic heterocycles. The summed E-state index contributed by atoms with van der Waals surface area (Å²) in [4.78, 5) is 0. The van der Waals surface area contributed by atoms with E-state index in [9.17, 15) is 0 Å². The van der Waals surface area contributed by atoms with E-state index in [1.165, 1.54) is 74.5 Å². The van der Waals surface area contributed by atoms with Gasteiger partial charge in [0.05, 0.1) is 18.0 Å². The number of hydrogen-bond acceptors (Lipinski definition) is 3. The summed E-state index contributed by atoms with van der Waals surface area (Å²) in [6, 6.07) is 10.5. The van der Waals surface area contributed by atoms with Gasteiger partial charge < -0.3 is 4.74 Å². The predicted molar refractivity (Wildman–Crippen MR) is 143 cm³/mol. The van der Waals surface area contributed by atoms with Crippen LogP contribution in [0, 0.1) is 20.8 Å². The van der Waals surface area contributed by atoms with Crippen LogP contribution in [-0.4, -0.2) is 6.61 Å². The molecule has 2 aromatic carbocycles. The standard InChI is InChI=1S/C30H46N2O/c1-7-8-9-10-11-12-13-14-15-16-19-33-30-21-26(6)29(22-28(30)23(2)3)32-31-27-18-17-24(4)25(5)20-27/h17-18,20-23H,7-16,19H2,1-6H3. The van der Waals surface area contributed by atoms with Crippen LogP contribution in [0.1, 0.15) is 113 Å². The van der Waals surface area contributed by atoms with Gasteiger partial charge >= 0.3 is 0 Å². The third-order valence-electron chi connectivity index (χ3n) is 6.47. The summed E-state index contributed by atoms with van der Waals surface area (Å²) in [5.74, 6) is 1.38. The third kappa shape index (κ3) is 9.70. The van der Waals surface area contributed by atoms with E-state index >= 15 is 0 Å². The molecule has 0 heterocycles. The van der Waals surface area contributed by atoms with Gasteiger partial charge in [-0.1, -0.05) is 84.6 Å². The van der Waals surface area contributed by atoms with Crippen molar-refractivity contribution in [1.29, 1.82) is 0 Å². The normalized spacial score (nSPS) is 11.6. The van der Waals surface area contributed by atoms with Crippen LogP contribution in [0.15, 0.2) is 40.6 Å². The van der Waals surface area contributed by atoms with E-state index in [4.69, 9.17) is 4.74 Å². The van der Waals surface area contributed by atoms with Crippen LogP contribution in [0.2, 0.25) is 0 Å². The highest BCUT2D eigenvalue weighted by Crippen LogP contribution is 2.34. The van der Waals surface area contributed by atoms with Crippen LogP contribution in [-0.2, 0) is 0 Å². The lowest BCUT2D eigenvalue weighted by Gasteiger charge is -2.16. The quantitative estimate of drug-likeness (QED) is 0.196. The van der Waals surface area contributed by atoms with E-state index in [2.05, 4.69) is 76.0 Å². The number of rotatable bonds is 15. The van der Waals surface area contributed by atoms with Gasteiger partial charge in [-0.15, -0.1) is 0 Å². The largest absolute Gasteiger partial charge is 0.493 e. The van der Waals surface area contributed by atoms with E-state index in [1.807, 2.05) is 6.07 Å². The molecule has 0 aliphatic rings. The summed E-state index contributed by atoms with van der Waals surface area (Å²) >= 11 is 0. The maximum absolute atomic E-state index is 6.23. The van der Waals surface area contributed by atoms with Crippen molar-refractivity contribution in [2.24, 2.45) is 10.2 Å². The minimum atomic E-state index is 0.379. The van der Waals surface area contributed by atoms with Crippen LogP contribution in [0.5, 0.6) is 5.75 Å². The minimum Gasteiger partial charge on any atom is -0.493 e. The van der Waals surface area contributed by atoms with Crippen LogP contribution < -0.4 is 4.74 Å². The van der Waals surface area contributed by atoms with Crippen LogP contribution >= 0.6 is 0 Å². The lowest BCUT2D eigenvalue weighted by Crippen LogP contribution is -2.02. The second-order valence-corrected chi connectivity index (χ2v) is 9.83. The number of azo groups is 1. The van der Waals surface area contributed by atoms with Gasteiger partial charge in [-0.2, -0.15) is 10.2 Å². The van der Waals surface area contributed by atoms with Crippen molar-refractivity contribution in [2.45, 2.75) is 112 Å². The fraction of sp³-hybridized carbons (Fsp3) is 0.600. The van der Waals surface area contributed by atoms with Crippen molar-refractivity contribution in [2.75, 3.05) is 6.61 Å². The number of ether oxygens (including phenoxy) is 1. The number of unbranched alkanes of at least 4 members (excludes halogenated alkanes) is 9. The first-order chi connectivity index (χ1) is 15.9. The molecule has 33 heavy (non-hydrogen) atoms. The Balaban J connectivity index is 1.85. The molecule has 0 radical (unpaired) electrons. The number of nitrogens with zero attached hydrogens (tertiary/aromatic N) is 2. The molecule has 182 valence electrons. The zero-order valence-electron chi connectivity index (χ0n) is 22.0. The lowest BCUT2D eigenvalue weighted by atomic mass is 9.99. The Morgan fingerprint density at radius 2 is 1.33 bits per heavy atom. The zero-order valence-corrected chi connectivity index (χ0v) is 22.0. The smallest absolute Gasteiger partial charge is 0.123 e. The molecule has 3 heteroatoms. The Labute approximate surface area is 203 Å². The van der Waals surface area contributed by atoms with Crippen molar-refractivity contribution in [3.05, 3.63) is 52.6 Å². The van der Waals surface area contributed by atoms with E-state index in [0.29, 0.717) is 5.92 Å². The molecule has 0 atom stereocenters. The fourth-order valence-corrected chi connectivity index (χ4v) is 4.04. The zero-order chi connectivity index (χ0) is 24.1. The minimum absolute atomic E-state index is 0.379. The molecule has 0 spiro atoms. The van der Waals surface area contributed by atoms with Crippen molar-refractivity contribution >= 4 is 11.4 Å². The first-order valence-electron chi connectivity index (χ1n) is 13.2. The molecule has 0 aliphatic carbocycles. The Hall–Kier alpha value is -2.16. The monoisotopic (exact) mass is 450 g/mol. The third-order valence-corrected chi connectivity index (χ3v) is 6.47. The van der Waals surface area contributed by atoms with Crippen LogP contribution in [0.3, 0.4) is 0 Å². The average molecular weight is 451 g/mol. The van der Waals surface area contributed by atoms with Crippen molar-refractivity contribution in [3.63, 3.8) is 0 Å². The second-order valence-electron chi connectivity index (χ2n) is 9.83. The van der Waals surface area contributed by atoms with Gasteiger partial charge in [-0.05, 0) is 79.6 Å². The van der Waals surface area contributed by atoms with Gasteiger partial charge in [0, 0.05) is 0 Å². The molecule has 0 fully saturated rings. The molecule has 0 N–H and O–H groups in total. The van der Waals surface area contributed by atoms with Crippen molar-refractivity contribution < 1.29 is 4.74 Å². The molecule has 0 bridgehead atoms. The molecule has 0 amide bonds. The summed E-state index contributed by atoms with van der Waals surface area (Å²) in [6.45, 7) is 13.8. The molecule has 0 saturated heterocycles. The number of aryl methyl sites for hydroxylation is 3. The predicted octanol–water partition coefficient (Wildman–Crippen LogP) is 10.5. The molecule has 0 aromatic heterocycles. The number of hydrogen-bond donors (Lipinski definition) is 0. The maximum Gasteiger partial charge on any atom is 0.123 e. The van der Waals surface area contributed by atoms with E-state index in [1.54, 1.807) is 0 Å². The summed E-state index contributed by atoms with van der Waals surface area (Å²) in [7, 11) is 0. The average Bonchev–Trinajstić information content (AvgIpc) is 2.78. The molecule has 0 saturated carbocycles. The Morgan fingerprint density at radius 1 is 0.697 bits per heavy atom. The van der Waals surface area contributed by atoms with E-state index < -0.39 is 0 Å². The topological polar surface area (TPSA) is 34.0 Å². The van der Waals surface area contributed by atoms with E-state index in [0.717, 1.165) is 35.7 Å². The highest BCUT2D eigenvalue weighted by Gasteiger charge is 2.12. The maximum atomic E-state index is 6.23. The molecule has 3 nitrogen and oxygen atoms in total. The van der Waals surface area contributed by atoms with Crippen LogP contribution in [0.25, 0.3) is 0 Å². The summed E-state index contributed by atoms with van der Waals surface area (Å²) in [5, 5.41) is 9.05. The highest BCUT2D eigenvalue weighted by molar-refractivity contribution is 5.55. The van der Waals surface area contributed by atoms with Gasteiger partial charge in [0.25, 0.3) is 0 Å². The molecule has 2 aromatic rings. The van der Waals surface area contributed by atoms with Crippen molar-refractivity contribution in [1.82, 2.24) is 0 Å². The summed E-state index contributed by atoms with van der Waals surface area (Å²) in [5.41, 5.74) is 6.64. The van der Waals surface area contributed by atoms with Crippen LogP contribution in [0.4, 0.5) is 11.4 Å². The van der Waals surface area contributed by atoms with Crippen molar-refractivity contribution in [3.8, 4) is 5.75 Å².